The van der Waals surface area contributed by atoms with E-state index in [9.17, 15) is 13.2 Å². The maximum atomic E-state index is 12.2. The van der Waals surface area contributed by atoms with E-state index < -0.39 is 22.5 Å². The number of benzene rings is 2. The number of nitrogens with zero attached hydrogens (tertiary/aromatic N) is 2. The Kier molecular flexibility index (Phi) is 7.83. The zero-order valence-electron chi connectivity index (χ0n) is 15.6. The summed E-state index contributed by atoms with van der Waals surface area (Å²) in [6, 6.07) is 13.6. The van der Waals surface area contributed by atoms with Crippen LogP contribution in [0.25, 0.3) is 0 Å². The molecule has 0 aliphatic carbocycles. The first-order valence-electron chi connectivity index (χ1n) is 8.58. The van der Waals surface area contributed by atoms with Crippen LogP contribution in [0, 0.1) is 0 Å². The van der Waals surface area contributed by atoms with Gasteiger partial charge in [0.15, 0.2) is 0 Å². The van der Waals surface area contributed by atoms with Crippen LogP contribution in [-0.4, -0.2) is 39.9 Å². The number of sulfonamides is 1. The zero-order valence-corrected chi connectivity index (χ0v) is 17.2. The molecule has 0 saturated heterocycles. The molecule has 7 nitrogen and oxygen atoms in total. The van der Waals surface area contributed by atoms with Crippen LogP contribution in [0.15, 0.2) is 53.6 Å². The van der Waals surface area contributed by atoms with Gasteiger partial charge in [-0.15, -0.1) is 0 Å². The molecule has 0 atom stereocenters. The fourth-order valence-corrected chi connectivity index (χ4v) is 3.41. The molecule has 150 valence electrons. The molecule has 0 saturated carbocycles. The van der Waals surface area contributed by atoms with Crippen LogP contribution in [0.4, 0.5) is 5.69 Å². The summed E-state index contributed by atoms with van der Waals surface area (Å²) in [6.45, 7) is 2.23. The lowest BCUT2D eigenvalue weighted by atomic mass is 10.2. The predicted octanol–water partition coefficient (Wildman–Crippen LogP) is 3.05. The molecule has 2 rings (SSSR count). The second-order valence-electron chi connectivity index (χ2n) is 5.93. The molecule has 9 heteroatoms. The summed E-state index contributed by atoms with van der Waals surface area (Å²) in [4.78, 5) is 12.2. The van der Waals surface area contributed by atoms with Gasteiger partial charge in [0.25, 0.3) is 5.91 Å². The molecule has 0 bridgehead atoms. The molecule has 0 aromatic heterocycles. The molecule has 0 spiro atoms. The van der Waals surface area contributed by atoms with Gasteiger partial charge in [-0.3, -0.25) is 9.10 Å². The van der Waals surface area contributed by atoms with Crippen LogP contribution in [0.1, 0.15) is 18.9 Å². The fourth-order valence-electron chi connectivity index (χ4n) is 2.25. The second-order valence-corrected chi connectivity index (χ2v) is 8.25. The molecule has 0 radical (unpaired) electrons. The standard InChI is InChI=1S/C19H22ClN3O4S/c1-3-12-27-16-10-8-15(9-11-16)13-21-22-19(24)14-23(28(2,25)26)18-7-5-4-6-17(18)20/h4-11,13H,3,12,14H2,1-2H3,(H,22,24)/b21-13-. The van der Waals surface area contributed by atoms with Gasteiger partial charge in [-0.05, 0) is 48.4 Å². The highest BCUT2D eigenvalue weighted by molar-refractivity contribution is 7.92. The first kappa shape index (κ1) is 21.7. The third-order valence-corrected chi connectivity index (χ3v) is 5.01. The summed E-state index contributed by atoms with van der Waals surface area (Å²) in [7, 11) is -3.70. The molecule has 0 aliphatic rings. The van der Waals surface area contributed by atoms with Gasteiger partial charge in [-0.1, -0.05) is 30.7 Å². The average molecular weight is 424 g/mol. The summed E-state index contributed by atoms with van der Waals surface area (Å²) in [5, 5.41) is 4.10. The van der Waals surface area contributed by atoms with Crippen LogP contribution >= 0.6 is 11.6 Å². The summed E-state index contributed by atoms with van der Waals surface area (Å²) in [5.74, 6) is 0.163. The van der Waals surface area contributed by atoms with Gasteiger partial charge < -0.3 is 4.74 Å². The maximum absolute atomic E-state index is 12.2. The molecule has 1 N–H and O–H groups in total. The molecule has 28 heavy (non-hydrogen) atoms. The third-order valence-electron chi connectivity index (χ3n) is 3.56. The van der Waals surface area contributed by atoms with Crippen molar-refractivity contribution in [3.05, 3.63) is 59.1 Å². The number of para-hydroxylation sites is 1. The zero-order chi connectivity index (χ0) is 20.6. The van der Waals surface area contributed by atoms with Crippen LogP contribution < -0.4 is 14.5 Å². The number of amides is 1. The maximum Gasteiger partial charge on any atom is 0.260 e. The number of anilines is 1. The number of carbonyl (C=O) groups excluding carboxylic acids is 1. The molecule has 0 unspecified atom stereocenters. The van der Waals surface area contributed by atoms with E-state index in [0.29, 0.717) is 6.61 Å². The minimum Gasteiger partial charge on any atom is -0.494 e. The Morgan fingerprint density at radius 3 is 2.50 bits per heavy atom. The molecular formula is C19H22ClN3O4S. The van der Waals surface area contributed by atoms with Crippen molar-refractivity contribution in [2.75, 3.05) is 23.7 Å². The average Bonchev–Trinajstić information content (AvgIpc) is 2.65. The van der Waals surface area contributed by atoms with Gasteiger partial charge in [-0.25, -0.2) is 13.8 Å². The largest absolute Gasteiger partial charge is 0.494 e. The molecule has 2 aromatic carbocycles. The minimum absolute atomic E-state index is 0.230. The van der Waals surface area contributed by atoms with E-state index >= 15 is 0 Å². The normalized spacial score (nSPS) is 11.4. The Bertz CT molecular complexity index is 930. The number of ether oxygens (including phenoxy) is 1. The van der Waals surface area contributed by atoms with Crippen molar-refractivity contribution in [1.82, 2.24) is 5.43 Å². The van der Waals surface area contributed by atoms with Crippen LogP contribution in [0.5, 0.6) is 5.75 Å². The minimum atomic E-state index is -3.70. The summed E-state index contributed by atoms with van der Waals surface area (Å²) in [6.07, 6.45) is 3.39. The van der Waals surface area contributed by atoms with Crippen molar-refractivity contribution in [3.63, 3.8) is 0 Å². The first-order valence-corrected chi connectivity index (χ1v) is 10.8. The Balaban J connectivity index is 1.99. The quantitative estimate of drug-likeness (QED) is 0.496. The van der Waals surface area contributed by atoms with Crippen molar-refractivity contribution in [3.8, 4) is 5.75 Å². The van der Waals surface area contributed by atoms with Crippen molar-refractivity contribution in [2.45, 2.75) is 13.3 Å². The van der Waals surface area contributed by atoms with Crippen LogP contribution in [-0.2, 0) is 14.8 Å². The van der Waals surface area contributed by atoms with Crippen LogP contribution in [0.2, 0.25) is 5.02 Å². The number of hydrogen-bond donors (Lipinski definition) is 1. The smallest absolute Gasteiger partial charge is 0.260 e. The lowest BCUT2D eigenvalue weighted by Crippen LogP contribution is -2.39. The fraction of sp³-hybridized carbons (Fsp3) is 0.263. The molecule has 0 aliphatic heterocycles. The van der Waals surface area contributed by atoms with E-state index in [1.807, 2.05) is 19.1 Å². The van der Waals surface area contributed by atoms with Crippen LogP contribution in [0.3, 0.4) is 0 Å². The van der Waals surface area contributed by atoms with Crippen molar-refractivity contribution < 1.29 is 17.9 Å². The Hall–Kier alpha value is -2.58. The monoisotopic (exact) mass is 423 g/mol. The summed E-state index contributed by atoms with van der Waals surface area (Å²) in [5.41, 5.74) is 3.31. The van der Waals surface area contributed by atoms with E-state index in [2.05, 4.69) is 10.5 Å². The van der Waals surface area contributed by atoms with Gasteiger partial charge >= 0.3 is 0 Å². The van der Waals surface area contributed by atoms with E-state index in [-0.39, 0.29) is 10.7 Å². The number of halogens is 1. The topological polar surface area (TPSA) is 88.1 Å². The third kappa shape index (κ3) is 6.54. The van der Waals surface area contributed by atoms with Gasteiger partial charge in [0, 0.05) is 0 Å². The van der Waals surface area contributed by atoms with E-state index in [4.69, 9.17) is 16.3 Å². The predicted molar refractivity (Wildman–Crippen MR) is 112 cm³/mol. The SMILES string of the molecule is CCCOc1ccc(/C=N\NC(=O)CN(c2ccccc2Cl)S(C)(=O)=O)cc1. The number of rotatable bonds is 9. The van der Waals surface area contributed by atoms with E-state index in [0.717, 1.165) is 28.3 Å². The highest BCUT2D eigenvalue weighted by Gasteiger charge is 2.22. The highest BCUT2D eigenvalue weighted by Crippen LogP contribution is 2.26. The number of hydrazone groups is 1. The summed E-state index contributed by atoms with van der Waals surface area (Å²) < 4.78 is 30.5. The van der Waals surface area contributed by atoms with Gasteiger partial charge in [0.1, 0.15) is 12.3 Å². The lowest BCUT2D eigenvalue weighted by Gasteiger charge is -2.22. The molecule has 1 amide bonds. The van der Waals surface area contributed by atoms with Gasteiger partial charge in [0.2, 0.25) is 10.0 Å². The van der Waals surface area contributed by atoms with E-state index in [1.54, 1.807) is 30.3 Å². The number of nitrogens with one attached hydrogen (secondary N) is 1. The van der Waals surface area contributed by atoms with Gasteiger partial charge in [-0.2, -0.15) is 5.10 Å². The van der Waals surface area contributed by atoms with Gasteiger partial charge in [0.05, 0.1) is 29.8 Å². The highest BCUT2D eigenvalue weighted by atomic mass is 35.5. The van der Waals surface area contributed by atoms with Crippen molar-refractivity contribution in [1.29, 1.82) is 0 Å². The molecule has 2 aromatic rings. The summed E-state index contributed by atoms with van der Waals surface area (Å²) >= 11 is 6.06. The molecule has 0 fully saturated rings. The number of hydrogen-bond acceptors (Lipinski definition) is 5. The van der Waals surface area contributed by atoms with Crippen molar-refractivity contribution in [2.24, 2.45) is 5.10 Å². The Labute approximate surface area is 170 Å². The second kappa shape index (κ2) is 10.1. The lowest BCUT2D eigenvalue weighted by molar-refractivity contribution is -0.119. The Morgan fingerprint density at radius 1 is 1.21 bits per heavy atom. The van der Waals surface area contributed by atoms with E-state index in [1.165, 1.54) is 12.3 Å². The molecular weight excluding hydrogens is 402 g/mol. The molecule has 0 heterocycles. The first-order chi connectivity index (χ1) is 13.3. The van der Waals surface area contributed by atoms with Crippen molar-refractivity contribution >= 4 is 39.4 Å². The Morgan fingerprint density at radius 2 is 1.89 bits per heavy atom. The number of carbonyl (C=O) groups is 1.